The number of nitrogens with one attached hydrogen (secondary N) is 2. The maximum absolute atomic E-state index is 12.8. The van der Waals surface area contributed by atoms with Crippen molar-refractivity contribution in [2.75, 3.05) is 5.43 Å². The van der Waals surface area contributed by atoms with Gasteiger partial charge in [-0.25, -0.2) is 9.37 Å². The largest absolute Gasteiger partial charge is 0.282 e. The van der Waals surface area contributed by atoms with Crippen molar-refractivity contribution in [2.24, 2.45) is 0 Å². The number of halogens is 5. The van der Waals surface area contributed by atoms with Gasteiger partial charge in [0.15, 0.2) is 0 Å². The number of alkyl halides is 3. The highest BCUT2D eigenvalue weighted by Gasteiger charge is 2.24. The van der Waals surface area contributed by atoms with Crippen molar-refractivity contribution < 1.29 is 9.18 Å². The van der Waals surface area contributed by atoms with Gasteiger partial charge in [-0.15, -0.1) is 0 Å². The Morgan fingerprint density at radius 2 is 1.77 bits per heavy atom. The summed E-state index contributed by atoms with van der Waals surface area (Å²) in [5.41, 5.74) is 5.47. The van der Waals surface area contributed by atoms with Crippen LogP contribution in [-0.4, -0.2) is 10.9 Å². The number of nitrogens with zero attached hydrogens (tertiary/aromatic N) is 1. The number of aromatic nitrogens is 1. The Morgan fingerprint density at radius 3 is 2.36 bits per heavy atom. The molecule has 2 aromatic rings. The summed E-state index contributed by atoms with van der Waals surface area (Å²) in [5, 5.41) is 0.0855. The molecule has 1 heterocycles. The van der Waals surface area contributed by atoms with Gasteiger partial charge in [0, 0.05) is 11.1 Å². The highest BCUT2D eigenvalue weighted by atomic mass is 35.6. The molecular weight excluding hydrogens is 375 g/mol. The first kappa shape index (κ1) is 17.1. The zero-order valence-electron chi connectivity index (χ0n) is 10.7. The van der Waals surface area contributed by atoms with Crippen molar-refractivity contribution in [1.82, 2.24) is 10.4 Å². The molecule has 1 aromatic carbocycles. The molecule has 1 aromatic heterocycles. The highest BCUT2D eigenvalue weighted by molar-refractivity contribution is 6.66. The van der Waals surface area contributed by atoms with Gasteiger partial charge in [0.2, 0.25) is 3.79 Å². The van der Waals surface area contributed by atoms with Crippen LogP contribution in [-0.2, 0) is 3.79 Å². The molecule has 1 amide bonds. The van der Waals surface area contributed by atoms with Crippen LogP contribution in [0.15, 0.2) is 36.4 Å². The van der Waals surface area contributed by atoms with E-state index in [0.717, 1.165) is 0 Å². The molecule has 9 heteroatoms. The third kappa shape index (κ3) is 4.61. The monoisotopic (exact) mass is 381 g/mol. The van der Waals surface area contributed by atoms with Gasteiger partial charge in [0.05, 0.1) is 0 Å². The zero-order chi connectivity index (χ0) is 16.3. The van der Waals surface area contributed by atoms with Crippen molar-refractivity contribution in [2.45, 2.75) is 3.79 Å². The molecule has 0 saturated carbocycles. The standard InChI is InChI=1S/C13H8Cl4FN3O/c14-10-5-8(13(15,16)17)6-11(19-10)20-21-12(22)7-1-3-9(18)4-2-7/h1-6H,(H,19,20)(H,21,22). The second-order valence-electron chi connectivity index (χ2n) is 4.15. The topological polar surface area (TPSA) is 54.0 Å². The third-order valence-corrected chi connectivity index (χ3v) is 3.38. The van der Waals surface area contributed by atoms with Crippen LogP contribution in [0.4, 0.5) is 10.2 Å². The van der Waals surface area contributed by atoms with E-state index in [0.29, 0.717) is 0 Å². The minimum Gasteiger partial charge on any atom is -0.282 e. The predicted octanol–water partition coefficient (Wildman–Crippen LogP) is 4.46. The first-order valence-corrected chi connectivity index (χ1v) is 7.33. The summed E-state index contributed by atoms with van der Waals surface area (Å²) >= 11 is 23.1. The number of hydrazine groups is 1. The van der Waals surface area contributed by atoms with Crippen LogP contribution in [0.5, 0.6) is 0 Å². The molecule has 22 heavy (non-hydrogen) atoms. The van der Waals surface area contributed by atoms with Crippen LogP contribution < -0.4 is 10.9 Å². The Labute approximate surface area is 145 Å². The number of rotatable bonds is 3. The van der Waals surface area contributed by atoms with E-state index in [2.05, 4.69) is 15.8 Å². The number of hydrogen-bond acceptors (Lipinski definition) is 3. The van der Waals surface area contributed by atoms with E-state index in [4.69, 9.17) is 46.4 Å². The number of pyridine rings is 1. The van der Waals surface area contributed by atoms with Crippen molar-refractivity contribution in [3.8, 4) is 0 Å². The highest BCUT2D eigenvalue weighted by Crippen LogP contribution is 2.39. The average Bonchev–Trinajstić information content (AvgIpc) is 2.44. The molecule has 0 aliphatic heterocycles. The molecule has 0 atom stereocenters. The van der Waals surface area contributed by atoms with E-state index in [1.54, 1.807) is 0 Å². The zero-order valence-corrected chi connectivity index (χ0v) is 13.7. The fourth-order valence-electron chi connectivity index (χ4n) is 1.52. The van der Waals surface area contributed by atoms with Gasteiger partial charge in [0.1, 0.15) is 16.8 Å². The molecule has 0 radical (unpaired) electrons. The van der Waals surface area contributed by atoms with Crippen molar-refractivity contribution in [1.29, 1.82) is 0 Å². The number of carbonyl (C=O) groups excluding carboxylic acids is 1. The smallest absolute Gasteiger partial charge is 0.269 e. The summed E-state index contributed by atoms with van der Waals surface area (Å²) in [5.74, 6) is -0.741. The summed E-state index contributed by atoms with van der Waals surface area (Å²) in [6, 6.07) is 7.83. The molecule has 0 unspecified atom stereocenters. The molecule has 0 fully saturated rings. The van der Waals surface area contributed by atoms with E-state index in [-0.39, 0.29) is 22.1 Å². The second-order valence-corrected chi connectivity index (χ2v) is 6.82. The van der Waals surface area contributed by atoms with E-state index in [1.165, 1.54) is 36.4 Å². The molecule has 0 aliphatic carbocycles. The molecule has 2 rings (SSSR count). The summed E-state index contributed by atoms with van der Waals surface area (Å²) in [6.45, 7) is 0. The van der Waals surface area contributed by atoms with Gasteiger partial charge in [-0.2, -0.15) is 0 Å². The van der Waals surface area contributed by atoms with Gasteiger partial charge >= 0.3 is 0 Å². The lowest BCUT2D eigenvalue weighted by Crippen LogP contribution is -2.30. The quantitative estimate of drug-likeness (QED) is 0.468. The van der Waals surface area contributed by atoms with Crippen molar-refractivity contribution in [3.63, 3.8) is 0 Å². The molecule has 4 nitrogen and oxygen atoms in total. The number of benzene rings is 1. The SMILES string of the molecule is O=C(NNc1cc(C(Cl)(Cl)Cl)cc(Cl)n1)c1ccc(F)cc1. The maximum atomic E-state index is 12.8. The normalized spacial score (nSPS) is 11.1. The minimum absolute atomic E-state index is 0.0855. The van der Waals surface area contributed by atoms with Crippen molar-refractivity contribution >= 4 is 58.1 Å². The lowest BCUT2D eigenvalue weighted by atomic mass is 10.2. The molecule has 0 bridgehead atoms. The Morgan fingerprint density at radius 1 is 1.14 bits per heavy atom. The first-order valence-electron chi connectivity index (χ1n) is 5.82. The predicted molar refractivity (Wildman–Crippen MR) is 86.0 cm³/mol. The Bertz CT molecular complexity index is 689. The maximum Gasteiger partial charge on any atom is 0.269 e. The average molecular weight is 383 g/mol. The molecule has 0 aliphatic rings. The molecule has 2 N–H and O–H groups in total. The van der Waals surface area contributed by atoms with E-state index in [9.17, 15) is 9.18 Å². The van der Waals surface area contributed by atoms with Gasteiger partial charge < -0.3 is 0 Å². The van der Waals surface area contributed by atoms with Crippen LogP contribution in [0.2, 0.25) is 5.15 Å². The van der Waals surface area contributed by atoms with Crippen LogP contribution in [0, 0.1) is 5.82 Å². The second kappa shape index (κ2) is 6.87. The number of hydrogen-bond donors (Lipinski definition) is 2. The molecule has 0 spiro atoms. The van der Waals surface area contributed by atoms with E-state index in [1.807, 2.05) is 0 Å². The van der Waals surface area contributed by atoms with Gasteiger partial charge in [0.25, 0.3) is 5.91 Å². The lowest BCUT2D eigenvalue weighted by Gasteiger charge is -2.14. The number of amides is 1. The fourth-order valence-corrected chi connectivity index (χ4v) is 2.05. The Balaban J connectivity index is 2.10. The fraction of sp³-hybridized carbons (Fsp3) is 0.0769. The van der Waals surface area contributed by atoms with Crippen molar-refractivity contribution in [3.05, 3.63) is 58.5 Å². The molecular formula is C13H8Cl4FN3O. The first-order chi connectivity index (χ1) is 10.3. The Kier molecular flexibility index (Phi) is 5.34. The number of carbonyl (C=O) groups is 1. The summed E-state index contributed by atoms with van der Waals surface area (Å²) in [6.07, 6.45) is 0. The van der Waals surface area contributed by atoms with E-state index >= 15 is 0 Å². The molecule has 116 valence electrons. The minimum atomic E-state index is -1.68. The van der Waals surface area contributed by atoms with Crippen LogP contribution in [0.3, 0.4) is 0 Å². The lowest BCUT2D eigenvalue weighted by molar-refractivity contribution is 0.0962. The van der Waals surface area contributed by atoms with Gasteiger partial charge in [-0.3, -0.25) is 15.6 Å². The third-order valence-electron chi connectivity index (χ3n) is 2.53. The van der Waals surface area contributed by atoms with Gasteiger partial charge in [-0.1, -0.05) is 46.4 Å². The van der Waals surface area contributed by atoms with E-state index < -0.39 is 15.5 Å². The summed E-state index contributed by atoms with van der Waals surface area (Å²) in [7, 11) is 0. The van der Waals surface area contributed by atoms with Gasteiger partial charge in [-0.05, 0) is 36.4 Å². The Hall–Kier alpha value is -1.27. The van der Waals surface area contributed by atoms with Crippen LogP contribution >= 0.6 is 46.4 Å². The van der Waals surface area contributed by atoms with Crippen LogP contribution in [0.1, 0.15) is 15.9 Å². The summed E-state index contributed by atoms with van der Waals surface area (Å²) < 4.78 is 11.1. The van der Waals surface area contributed by atoms with Crippen LogP contribution in [0.25, 0.3) is 0 Å². The number of anilines is 1. The molecule has 0 saturated heterocycles. The summed E-state index contributed by atoms with van der Waals surface area (Å²) in [4.78, 5) is 15.8.